The maximum absolute atomic E-state index is 12.9. The molecule has 2 amide bonds. The lowest BCUT2D eigenvalue weighted by Crippen LogP contribution is -2.51. The van der Waals surface area contributed by atoms with E-state index in [1.807, 2.05) is 43.4 Å². The molecule has 0 radical (unpaired) electrons. The van der Waals surface area contributed by atoms with Crippen LogP contribution in [0.2, 0.25) is 0 Å². The topological polar surface area (TPSA) is 68.8 Å². The van der Waals surface area contributed by atoms with E-state index in [-0.39, 0.29) is 23.7 Å². The van der Waals surface area contributed by atoms with Gasteiger partial charge in [-0.05, 0) is 51.9 Å². The summed E-state index contributed by atoms with van der Waals surface area (Å²) in [6.07, 6.45) is 5.09. The summed E-state index contributed by atoms with van der Waals surface area (Å²) in [6.45, 7) is 4.69. The maximum Gasteiger partial charge on any atom is 0.225 e. The second-order valence-corrected chi connectivity index (χ2v) is 8.14. The van der Waals surface area contributed by atoms with Crippen LogP contribution >= 0.6 is 0 Å². The molecule has 1 aromatic rings. The first-order valence-corrected chi connectivity index (χ1v) is 10.4. The number of likely N-dealkylation sites (N-methyl/N-ethyl adjacent to an activating group) is 1. The van der Waals surface area contributed by atoms with E-state index in [2.05, 4.69) is 20.1 Å². The molecule has 3 rings (SSSR count). The molecule has 0 unspecified atom stereocenters. The van der Waals surface area contributed by atoms with Crippen LogP contribution in [0.1, 0.15) is 25.7 Å². The molecule has 154 valence electrons. The molecule has 1 aromatic heterocycles. The summed E-state index contributed by atoms with van der Waals surface area (Å²) in [7, 11) is 4.00. The SMILES string of the molecule is CN(C)CCNC(=O)C1CCC(C(=O)N2CCN(c3ccccn3)CC2)CC1. The van der Waals surface area contributed by atoms with Gasteiger partial charge in [-0.2, -0.15) is 0 Å². The van der Waals surface area contributed by atoms with Gasteiger partial charge in [0.2, 0.25) is 11.8 Å². The van der Waals surface area contributed by atoms with Crippen molar-refractivity contribution in [1.29, 1.82) is 0 Å². The van der Waals surface area contributed by atoms with Crippen molar-refractivity contribution in [2.45, 2.75) is 25.7 Å². The molecule has 2 aliphatic rings. The summed E-state index contributed by atoms with van der Waals surface area (Å²) in [5.74, 6) is 1.54. The van der Waals surface area contributed by atoms with Crippen molar-refractivity contribution in [3.05, 3.63) is 24.4 Å². The van der Waals surface area contributed by atoms with Crippen molar-refractivity contribution in [3.63, 3.8) is 0 Å². The van der Waals surface area contributed by atoms with Gasteiger partial charge < -0.3 is 20.0 Å². The first-order valence-electron chi connectivity index (χ1n) is 10.4. The third-order valence-electron chi connectivity index (χ3n) is 5.87. The minimum Gasteiger partial charge on any atom is -0.355 e. The Hall–Kier alpha value is -2.15. The van der Waals surface area contributed by atoms with Gasteiger partial charge in [0.05, 0.1) is 0 Å². The molecule has 1 aliphatic carbocycles. The van der Waals surface area contributed by atoms with Crippen molar-refractivity contribution in [1.82, 2.24) is 20.1 Å². The quantitative estimate of drug-likeness (QED) is 0.795. The van der Waals surface area contributed by atoms with E-state index in [1.54, 1.807) is 0 Å². The number of piperazine rings is 1. The Morgan fingerprint density at radius 3 is 2.36 bits per heavy atom. The number of hydrogen-bond acceptors (Lipinski definition) is 5. The Bertz CT molecular complexity index is 635. The van der Waals surface area contributed by atoms with Crippen LogP contribution in [-0.4, -0.2) is 80.0 Å². The van der Waals surface area contributed by atoms with Crippen LogP contribution in [0, 0.1) is 11.8 Å². The Morgan fingerprint density at radius 2 is 1.75 bits per heavy atom. The van der Waals surface area contributed by atoms with E-state index in [1.165, 1.54) is 0 Å². The maximum atomic E-state index is 12.9. The molecule has 7 heteroatoms. The molecule has 7 nitrogen and oxygen atoms in total. The van der Waals surface area contributed by atoms with E-state index >= 15 is 0 Å². The second kappa shape index (κ2) is 9.87. The van der Waals surface area contributed by atoms with E-state index in [9.17, 15) is 9.59 Å². The lowest BCUT2D eigenvalue weighted by Gasteiger charge is -2.38. The standard InChI is InChI=1S/C21H33N5O2/c1-24(2)12-11-23-20(27)17-6-8-18(9-7-17)21(28)26-15-13-25(14-16-26)19-5-3-4-10-22-19/h3-5,10,17-18H,6-9,11-16H2,1-2H3,(H,23,27). The fraction of sp³-hybridized carbons (Fsp3) is 0.667. The van der Waals surface area contributed by atoms with Crippen molar-refractivity contribution in [2.75, 3.05) is 58.3 Å². The van der Waals surface area contributed by atoms with Gasteiger partial charge in [0.25, 0.3) is 0 Å². The van der Waals surface area contributed by atoms with Crippen molar-refractivity contribution >= 4 is 17.6 Å². The molecule has 0 aromatic carbocycles. The number of aromatic nitrogens is 1. The summed E-state index contributed by atoms with van der Waals surface area (Å²) in [5, 5.41) is 3.02. The largest absolute Gasteiger partial charge is 0.355 e. The third kappa shape index (κ3) is 5.44. The van der Waals surface area contributed by atoms with Crippen molar-refractivity contribution < 1.29 is 9.59 Å². The predicted molar refractivity (Wildman–Crippen MR) is 110 cm³/mol. The first kappa shape index (κ1) is 20.6. The molecule has 28 heavy (non-hydrogen) atoms. The van der Waals surface area contributed by atoms with E-state index in [4.69, 9.17) is 0 Å². The summed E-state index contributed by atoms with van der Waals surface area (Å²) >= 11 is 0. The molecule has 1 aliphatic heterocycles. The van der Waals surface area contributed by atoms with E-state index in [0.29, 0.717) is 6.54 Å². The number of anilines is 1. The average molecular weight is 388 g/mol. The van der Waals surface area contributed by atoms with Crippen molar-refractivity contribution in [2.24, 2.45) is 11.8 Å². The lowest BCUT2D eigenvalue weighted by atomic mass is 9.81. The Kier molecular flexibility index (Phi) is 7.25. The molecule has 0 atom stereocenters. The van der Waals surface area contributed by atoms with Crippen LogP contribution in [0.4, 0.5) is 5.82 Å². The van der Waals surface area contributed by atoms with Crippen LogP contribution in [0.15, 0.2) is 24.4 Å². The van der Waals surface area contributed by atoms with Crippen LogP contribution in [-0.2, 0) is 9.59 Å². The van der Waals surface area contributed by atoms with Crippen LogP contribution in [0.3, 0.4) is 0 Å². The normalized spacial score (nSPS) is 23.0. The number of hydrogen-bond donors (Lipinski definition) is 1. The third-order valence-corrected chi connectivity index (χ3v) is 5.87. The van der Waals surface area contributed by atoms with Gasteiger partial charge in [-0.15, -0.1) is 0 Å². The van der Waals surface area contributed by atoms with E-state index < -0.39 is 0 Å². The molecule has 2 fully saturated rings. The van der Waals surface area contributed by atoms with Gasteiger partial charge in [0, 0.05) is 57.3 Å². The Morgan fingerprint density at radius 1 is 1.07 bits per heavy atom. The van der Waals surface area contributed by atoms with Gasteiger partial charge >= 0.3 is 0 Å². The lowest BCUT2D eigenvalue weighted by molar-refractivity contribution is -0.138. The van der Waals surface area contributed by atoms with Crippen LogP contribution < -0.4 is 10.2 Å². The second-order valence-electron chi connectivity index (χ2n) is 8.14. The monoisotopic (exact) mass is 387 g/mol. The molecule has 0 bridgehead atoms. The highest BCUT2D eigenvalue weighted by atomic mass is 16.2. The molecule has 1 N–H and O–H groups in total. The molecular formula is C21H33N5O2. The summed E-state index contributed by atoms with van der Waals surface area (Å²) in [5.41, 5.74) is 0. The minimum atomic E-state index is 0.0622. The minimum absolute atomic E-state index is 0.0622. The predicted octanol–water partition coefficient (Wildman–Crippen LogP) is 1.21. The number of pyridine rings is 1. The average Bonchev–Trinajstić information content (AvgIpc) is 2.74. The summed E-state index contributed by atoms with van der Waals surface area (Å²) < 4.78 is 0. The highest BCUT2D eigenvalue weighted by molar-refractivity contribution is 5.81. The number of carbonyl (C=O) groups is 2. The number of nitrogens with zero attached hydrogens (tertiary/aromatic N) is 4. The summed E-state index contributed by atoms with van der Waals surface area (Å²) in [6, 6.07) is 5.93. The smallest absolute Gasteiger partial charge is 0.225 e. The zero-order chi connectivity index (χ0) is 19.9. The van der Waals surface area contributed by atoms with Crippen molar-refractivity contribution in [3.8, 4) is 0 Å². The molecule has 2 heterocycles. The van der Waals surface area contributed by atoms with Gasteiger partial charge in [-0.3, -0.25) is 9.59 Å². The molecular weight excluding hydrogens is 354 g/mol. The van der Waals surface area contributed by atoms with E-state index in [0.717, 1.165) is 64.2 Å². The first-order chi connectivity index (χ1) is 13.5. The zero-order valence-electron chi connectivity index (χ0n) is 17.1. The Balaban J connectivity index is 1.40. The highest BCUT2D eigenvalue weighted by Crippen LogP contribution is 2.30. The Labute approximate surface area is 168 Å². The zero-order valence-corrected chi connectivity index (χ0v) is 17.1. The highest BCUT2D eigenvalue weighted by Gasteiger charge is 2.33. The fourth-order valence-electron chi connectivity index (χ4n) is 4.10. The van der Waals surface area contributed by atoms with Gasteiger partial charge in [-0.1, -0.05) is 6.07 Å². The van der Waals surface area contributed by atoms with Gasteiger partial charge in [0.15, 0.2) is 0 Å². The molecule has 1 saturated carbocycles. The molecule has 0 spiro atoms. The number of carbonyl (C=O) groups excluding carboxylic acids is 2. The van der Waals surface area contributed by atoms with Crippen LogP contribution in [0.5, 0.6) is 0 Å². The summed E-state index contributed by atoms with van der Waals surface area (Å²) in [4.78, 5) is 35.9. The van der Waals surface area contributed by atoms with Gasteiger partial charge in [-0.25, -0.2) is 4.98 Å². The number of nitrogens with one attached hydrogen (secondary N) is 1. The molecule has 1 saturated heterocycles. The van der Waals surface area contributed by atoms with Gasteiger partial charge in [0.1, 0.15) is 5.82 Å². The number of amides is 2. The van der Waals surface area contributed by atoms with Crippen LogP contribution in [0.25, 0.3) is 0 Å². The number of rotatable bonds is 6. The fourth-order valence-corrected chi connectivity index (χ4v) is 4.10.